The maximum absolute atomic E-state index is 5.54. The van der Waals surface area contributed by atoms with E-state index in [-0.39, 0.29) is 0 Å². The molecule has 0 fully saturated rings. The first-order valence-electron chi connectivity index (χ1n) is 5.83. The number of nitrogens with zero attached hydrogens (tertiary/aromatic N) is 4. The van der Waals surface area contributed by atoms with Crippen molar-refractivity contribution in [1.29, 1.82) is 0 Å². The van der Waals surface area contributed by atoms with E-state index in [9.17, 15) is 0 Å². The van der Waals surface area contributed by atoms with E-state index in [0.717, 1.165) is 31.7 Å². The molecule has 1 aromatic rings. The highest BCUT2D eigenvalue weighted by molar-refractivity contribution is 7.80. The molecule has 1 rings (SSSR count). The van der Waals surface area contributed by atoms with Gasteiger partial charge in [0.05, 0.1) is 10.7 Å². The van der Waals surface area contributed by atoms with E-state index in [1.165, 1.54) is 0 Å². The van der Waals surface area contributed by atoms with E-state index in [0.29, 0.717) is 10.9 Å². The molecular weight excluding hydrogens is 234 g/mol. The van der Waals surface area contributed by atoms with Gasteiger partial charge in [-0.2, -0.15) is 0 Å². The molecule has 0 aliphatic heterocycles. The van der Waals surface area contributed by atoms with E-state index >= 15 is 0 Å². The lowest BCUT2D eigenvalue weighted by atomic mass is 10.2. The van der Waals surface area contributed by atoms with Crippen LogP contribution in [0, 0.1) is 5.92 Å². The minimum absolute atomic E-state index is 0.568. The normalized spacial score (nSPS) is 11.4. The molecule has 1 aromatic heterocycles. The number of rotatable bonds is 7. The van der Waals surface area contributed by atoms with Gasteiger partial charge in [-0.3, -0.25) is 9.58 Å². The van der Waals surface area contributed by atoms with Crippen LogP contribution in [0.4, 0.5) is 0 Å². The number of hydrogen-bond acceptors (Lipinski definition) is 4. The first kappa shape index (κ1) is 14.1. The van der Waals surface area contributed by atoms with Crippen LogP contribution in [-0.2, 0) is 13.6 Å². The molecule has 0 radical (unpaired) electrons. The molecule has 5 nitrogen and oxygen atoms in total. The van der Waals surface area contributed by atoms with Crippen LogP contribution in [0.5, 0.6) is 0 Å². The Balaban J connectivity index is 2.53. The van der Waals surface area contributed by atoms with Crippen molar-refractivity contribution in [3.8, 4) is 0 Å². The second-order valence-corrected chi connectivity index (χ2v) is 5.25. The second kappa shape index (κ2) is 6.66. The highest BCUT2D eigenvalue weighted by Crippen LogP contribution is 2.05. The zero-order valence-corrected chi connectivity index (χ0v) is 11.6. The van der Waals surface area contributed by atoms with Gasteiger partial charge in [0.15, 0.2) is 0 Å². The van der Waals surface area contributed by atoms with Crippen molar-refractivity contribution in [1.82, 2.24) is 19.9 Å². The average molecular weight is 255 g/mol. The zero-order valence-electron chi connectivity index (χ0n) is 10.8. The van der Waals surface area contributed by atoms with Crippen LogP contribution in [0.2, 0.25) is 0 Å². The second-order valence-electron chi connectivity index (χ2n) is 4.73. The quantitative estimate of drug-likeness (QED) is 0.735. The standard InChI is InChI=1S/C11H21N5S/c1-9(2)6-16(5-4-11(12)17)8-10-7-15(3)14-13-10/h7,9H,4-6,8H2,1-3H3,(H2,12,17). The van der Waals surface area contributed by atoms with Crippen molar-refractivity contribution >= 4 is 17.2 Å². The summed E-state index contributed by atoms with van der Waals surface area (Å²) in [4.78, 5) is 2.88. The predicted molar refractivity (Wildman–Crippen MR) is 72.5 cm³/mol. The Kier molecular flexibility index (Phi) is 5.50. The van der Waals surface area contributed by atoms with Crippen LogP contribution < -0.4 is 5.73 Å². The molecule has 17 heavy (non-hydrogen) atoms. The topological polar surface area (TPSA) is 60.0 Å². The fourth-order valence-corrected chi connectivity index (χ4v) is 1.81. The lowest BCUT2D eigenvalue weighted by molar-refractivity contribution is 0.240. The molecule has 6 heteroatoms. The Morgan fingerprint density at radius 2 is 2.29 bits per heavy atom. The summed E-state index contributed by atoms with van der Waals surface area (Å²) in [6, 6.07) is 0. The smallest absolute Gasteiger partial charge is 0.0967 e. The molecule has 2 N–H and O–H groups in total. The van der Waals surface area contributed by atoms with Crippen LogP contribution in [-0.4, -0.2) is 38.0 Å². The lowest BCUT2D eigenvalue weighted by Crippen LogP contribution is -2.30. The SMILES string of the molecule is CC(C)CN(CCC(N)=S)Cc1cn(C)nn1. The van der Waals surface area contributed by atoms with Crippen molar-refractivity contribution in [2.24, 2.45) is 18.7 Å². The van der Waals surface area contributed by atoms with Gasteiger partial charge in [0.2, 0.25) is 0 Å². The van der Waals surface area contributed by atoms with Gasteiger partial charge >= 0.3 is 0 Å². The monoisotopic (exact) mass is 255 g/mol. The van der Waals surface area contributed by atoms with Gasteiger partial charge in [-0.15, -0.1) is 5.10 Å². The minimum Gasteiger partial charge on any atom is -0.393 e. The van der Waals surface area contributed by atoms with Gasteiger partial charge in [-0.25, -0.2) is 0 Å². The Morgan fingerprint density at radius 1 is 1.59 bits per heavy atom. The summed E-state index contributed by atoms with van der Waals surface area (Å²) in [6.45, 7) is 7.09. The van der Waals surface area contributed by atoms with Crippen LogP contribution in [0.3, 0.4) is 0 Å². The highest BCUT2D eigenvalue weighted by Gasteiger charge is 2.10. The van der Waals surface area contributed by atoms with E-state index in [1.807, 2.05) is 13.2 Å². The molecule has 0 aliphatic carbocycles. The third-order valence-electron chi connectivity index (χ3n) is 2.33. The number of aromatic nitrogens is 3. The minimum atomic E-state index is 0.568. The van der Waals surface area contributed by atoms with Crippen LogP contribution in [0.15, 0.2) is 6.20 Å². The van der Waals surface area contributed by atoms with Gasteiger partial charge < -0.3 is 5.73 Å². The molecule has 0 saturated carbocycles. The maximum atomic E-state index is 5.54. The van der Waals surface area contributed by atoms with Crippen LogP contribution >= 0.6 is 12.2 Å². The molecule has 96 valence electrons. The third kappa shape index (κ3) is 5.74. The average Bonchev–Trinajstić information content (AvgIpc) is 2.59. The molecule has 0 amide bonds. The molecule has 0 unspecified atom stereocenters. The van der Waals surface area contributed by atoms with Gasteiger partial charge in [0.1, 0.15) is 0 Å². The van der Waals surface area contributed by atoms with Crippen molar-refractivity contribution in [3.63, 3.8) is 0 Å². The first-order valence-corrected chi connectivity index (χ1v) is 6.24. The largest absolute Gasteiger partial charge is 0.393 e. The summed E-state index contributed by atoms with van der Waals surface area (Å²) < 4.78 is 1.72. The van der Waals surface area contributed by atoms with Gasteiger partial charge in [-0.05, 0) is 5.92 Å². The summed E-state index contributed by atoms with van der Waals surface area (Å²) in [7, 11) is 1.87. The Morgan fingerprint density at radius 3 is 2.76 bits per heavy atom. The molecule has 0 spiro atoms. The molecule has 0 atom stereocenters. The summed E-state index contributed by atoms with van der Waals surface area (Å²) in [5.74, 6) is 0.609. The van der Waals surface area contributed by atoms with Gasteiger partial charge in [0.25, 0.3) is 0 Å². The molecular formula is C11H21N5S. The Hall–Kier alpha value is -1.01. The van der Waals surface area contributed by atoms with Gasteiger partial charge in [-0.1, -0.05) is 31.3 Å². The maximum Gasteiger partial charge on any atom is 0.0967 e. The highest BCUT2D eigenvalue weighted by atomic mass is 32.1. The van der Waals surface area contributed by atoms with Crippen molar-refractivity contribution < 1.29 is 0 Å². The predicted octanol–water partition coefficient (Wildman–Crippen LogP) is 0.949. The summed E-state index contributed by atoms with van der Waals surface area (Å²) in [6.07, 6.45) is 2.69. The van der Waals surface area contributed by atoms with E-state index < -0.39 is 0 Å². The summed E-state index contributed by atoms with van der Waals surface area (Å²) in [5, 5.41) is 8.03. The van der Waals surface area contributed by atoms with E-state index in [1.54, 1.807) is 4.68 Å². The number of thiocarbonyl (C=S) groups is 1. The fourth-order valence-electron chi connectivity index (χ4n) is 1.72. The lowest BCUT2D eigenvalue weighted by Gasteiger charge is -2.22. The molecule has 0 saturated heterocycles. The van der Waals surface area contributed by atoms with Crippen molar-refractivity contribution in [2.75, 3.05) is 13.1 Å². The van der Waals surface area contributed by atoms with E-state index in [4.69, 9.17) is 18.0 Å². The van der Waals surface area contributed by atoms with Crippen LogP contribution in [0.1, 0.15) is 26.0 Å². The Labute approximate surface area is 108 Å². The molecule has 0 bridgehead atoms. The zero-order chi connectivity index (χ0) is 12.8. The Bertz CT molecular complexity index is 360. The van der Waals surface area contributed by atoms with Gasteiger partial charge in [0, 0.05) is 39.3 Å². The molecule has 1 heterocycles. The van der Waals surface area contributed by atoms with Crippen molar-refractivity contribution in [3.05, 3.63) is 11.9 Å². The van der Waals surface area contributed by atoms with E-state index in [2.05, 4.69) is 29.1 Å². The number of hydrogen-bond donors (Lipinski definition) is 1. The third-order valence-corrected chi connectivity index (χ3v) is 2.54. The molecule has 0 aromatic carbocycles. The number of nitrogens with two attached hydrogens (primary N) is 1. The summed E-state index contributed by atoms with van der Waals surface area (Å²) in [5.41, 5.74) is 6.52. The fraction of sp³-hybridized carbons (Fsp3) is 0.727. The van der Waals surface area contributed by atoms with Crippen molar-refractivity contribution in [2.45, 2.75) is 26.8 Å². The molecule has 0 aliphatic rings. The first-order chi connectivity index (χ1) is 7.97. The summed E-state index contributed by atoms with van der Waals surface area (Å²) >= 11 is 4.92. The number of aryl methyl sites for hydroxylation is 1. The van der Waals surface area contributed by atoms with Crippen LogP contribution in [0.25, 0.3) is 0 Å².